The van der Waals surface area contributed by atoms with Crippen molar-refractivity contribution in [2.24, 2.45) is 0 Å². The third-order valence-electron chi connectivity index (χ3n) is 3.86. The zero-order valence-corrected chi connectivity index (χ0v) is 14.2. The summed E-state index contributed by atoms with van der Waals surface area (Å²) in [5.41, 5.74) is 1.23. The smallest absolute Gasteiger partial charge is 0.257 e. The van der Waals surface area contributed by atoms with Gasteiger partial charge in [0.25, 0.3) is 5.91 Å². The number of halogens is 3. The number of aromatic nitrogens is 1. The summed E-state index contributed by atoms with van der Waals surface area (Å²) in [6.07, 6.45) is 3.32. The van der Waals surface area contributed by atoms with E-state index in [9.17, 15) is 18.0 Å². The standard InChI is InChI=1S/C20H16F3N3O/c21-15-5-6-19(18(23)10-15)26-20(27)14-9-16(12-24-11-14)25-8-7-13-3-1-2-4-17(13)22/h1-6,9-12,25H,7-8H2,(H,26,27). The highest BCUT2D eigenvalue weighted by Gasteiger charge is 2.11. The first-order valence-electron chi connectivity index (χ1n) is 8.21. The van der Waals surface area contributed by atoms with Gasteiger partial charge in [-0.3, -0.25) is 9.78 Å². The van der Waals surface area contributed by atoms with Gasteiger partial charge in [0.15, 0.2) is 0 Å². The SMILES string of the molecule is O=C(Nc1ccc(F)cc1F)c1cncc(NCCc2ccccc2F)c1. The Morgan fingerprint density at radius 1 is 0.963 bits per heavy atom. The number of carbonyl (C=O) groups is 1. The molecule has 4 nitrogen and oxygen atoms in total. The lowest BCUT2D eigenvalue weighted by atomic mass is 10.1. The molecule has 27 heavy (non-hydrogen) atoms. The molecule has 3 aromatic rings. The lowest BCUT2D eigenvalue weighted by Crippen LogP contribution is -2.14. The Kier molecular flexibility index (Phi) is 5.71. The predicted molar refractivity (Wildman–Crippen MR) is 97.1 cm³/mol. The number of carbonyl (C=O) groups excluding carboxylic acids is 1. The molecule has 1 aromatic heterocycles. The number of anilines is 2. The minimum absolute atomic E-state index is 0.126. The maximum atomic E-state index is 13.7. The Morgan fingerprint density at radius 2 is 1.78 bits per heavy atom. The average molecular weight is 371 g/mol. The van der Waals surface area contributed by atoms with E-state index in [0.717, 1.165) is 12.1 Å². The van der Waals surface area contributed by atoms with Gasteiger partial charge in [0.1, 0.15) is 17.5 Å². The van der Waals surface area contributed by atoms with Crippen molar-refractivity contribution in [1.82, 2.24) is 4.98 Å². The van der Waals surface area contributed by atoms with E-state index in [1.165, 1.54) is 18.5 Å². The van der Waals surface area contributed by atoms with E-state index in [1.54, 1.807) is 24.3 Å². The molecule has 0 aliphatic rings. The highest BCUT2D eigenvalue weighted by molar-refractivity contribution is 6.04. The Bertz CT molecular complexity index is 963. The third kappa shape index (κ3) is 4.84. The Morgan fingerprint density at radius 3 is 2.56 bits per heavy atom. The molecular formula is C20H16F3N3O. The molecule has 2 aromatic carbocycles. The van der Waals surface area contributed by atoms with Crippen LogP contribution in [0.5, 0.6) is 0 Å². The molecule has 3 rings (SSSR count). The average Bonchev–Trinajstić information content (AvgIpc) is 2.66. The first-order valence-corrected chi connectivity index (χ1v) is 8.21. The van der Waals surface area contributed by atoms with Crippen molar-refractivity contribution < 1.29 is 18.0 Å². The van der Waals surface area contributed by atoms with Crippen LogP contribution in [0.2, 0.25) is 0 Å². The fourth-order valence-corrected chi connectivity index (χ4v) is 2.49. The lowest BCUT2D eigenvalue weighted by molar-refractivity contribution is 0.102. The van der Waals surface area contributed by atoms with Gasteiger partial charge in [-0.25, -0.2) is 13.2 Å². The molecule has 0 spiro atoms. The van der Waals surface area contributed by atoms with E-state index in [4.69, 9.17) is 0 Å². The number of hydrogen-bond acceptors (Lipinski definition) is 3. The van der Waals surface area contributed by atoms with Crippen molar-refractivity contribution in [2.75, 3.05) is 17.2 Å². The number of hydrogen-bond donors (Lipinski definition) is 2. The summed E-state index contributed by atoms with van der Waals surface area (Å²) in [5.74, 6) is -2.44. The van der Waals surface area contributed by atoms with Crippen molar-refractivity contribution >= 4 is 17.3 Å². The van der Waals surface area contributed by atoms with Crippen LogP contribution in [-0.4, -0.2) is 17.4 Å². The summed E-state index contributed by atoms with van der Waals surface area (Å²) in [7, 11) is 0. The van der Waals surface area contributed by atoms with Gasteiger partial charge < -0.3 is 10.6 Å². The van der Waals surface area contributed by atoms with Gasteiger partial charge in [-0.1, -0.05) is 18.2 Å². The zero-order chi connectivity index (χ0) is 19.2. The molecule has 1 heterocycles. The van der Waals surface area contributed by atoms with Gasteiger partial charge in [0, 0.05) is 25.0 Å². The summed E-state index contributed by atoms with van der Waals surface area (Å²) < 4.78 is 40.2. The van der Waals surface area contributed by atoms with Crippen molar-refractivity contribution in [3.63, 3.8) is 0 Å². The quantitative estimate of drug-likeness (QED) is 0.675. The molecule has 0 saturated carbocycles. The molecular weight excluding hydrogens is 355 g/mol. The first kappa shape index (κ1) is 18.4. The molecule has 1 amide bonds. The van der Waals surface area contributed by atoms with E-state index in [-0.39, 0.29) is 17.1 Å². The first-order chi connectivity index (χ1) is 13.0. The van der Waals surface area contributed by atoms with Crippen LogP contribution in [0.1, 0.15) is 15.9 Å². The van der Waals surface area contributed by atoms with Crippen LogP contribution in [0.3, 0.4) is 0 Å². The minimum Gasteiger partial charge on any atom is -0.383 e. The normalized spacial score (nSPS) is 10.5. The number of pyridine rings is 1. The van der Waals surface area contributed by atoms with Gasteiger partial charge >= 0.3 is 0 Å². The van der Waals surface area contributed by atoms with Crippen molar-refractivity contribution in [1.29, 1.82) is 0 Å². The molecule has 7 heteroatoms. The molecule has 0 unspecified atom stereocenters. The predicted octanol–water partition coefficient (Wildman–Crippen LogP) is 4.41. The largest absolute Gasteiger partial charge is 0.383 e. The van der Waals surface area contributed by atoms with Crippen LogP contribution in [0.25, 0.3) is 0 Å². The van der Waals surface area contributed by atoms with Gasteiger partial charge in [-0.2, -0.15) is 0 Å². The maximum Gasteiger partial charge on any atom is 0.257 e. The Labute approximate surface area is 154 Å². The third-order valence-corrected chi connectivity index (χ3v) is 3.86. The highest BCUT2D eigenvalue weighted by atomic mass is 19.1. The molecule has 0 radical (unpaired) electrons. The van der Waals surface area contributed by atoms with Gasteiger partial charge in [0.05, 0.1) is 16.9 Å². The fraction of sp³-hybridized carbons (Fsp3) is 0.100. The molecule has 0 atom stereocenters. The van der Waals surface area contributed by atoms with Crippen LogP contribution in [0.15, 0.2) is 60.9 Å². The molecule has 0 bridgehead atoms. The van der Waals surface area contributed by atoms with Crippen molar-refractivity contribution in [3.8, 4) is 0 Å². The van der Waals surface area contributed by atoms with E-state index >= 15 is 0 Å². The second kappa shape index (κ2) is 8.35. The zero-order valence-electron chi connectivity index (χ0n) is 14.2. The maximum absolute atomic E-state index is 13.7. The number of nitrogens with one attached hydrogen (secondary N) is 2. The van der Waals surface area contributed by atoms with Crippen LogP contribution in [0, 0.1) is 17.5 Å². The second-order valence-electron chi connectivity index (χ2n) is 5.81. The number of rotatable bonds is 6. The summed E-state index contributed by atoms with van der Waals surface area (Å²) >= 11 is 0. The molecule has 0 aliphatic heterocycles. The van der Waals surface area contributed by atoms with Gasteiger partial charge in [0.2, 0.25) is 0 Å². The van der Waals surface area contributed by atoms with E-state index in [2.05, 4.69) is 15.6 Å². The van der Waals surface area contributed by atoms with Crippen LogP contribution >= 0.6 is 0 Å². The summed E-state index contributed by atoms with van der Waals surface area (Å²) in [6.45, 7) is 0.445. The topological polar surface area (TPSA) is 54.0 Å². The van der Waals surface area contributed by atoms with Crippen LogP contribution < -0.4 is 10.6 Å². The summed E-state index contributed by atoms with van der Waals surface area (Å²) in [5, 5.41) is 5.44. The molecule has 2 N–H and O–H groups in total. The summed E-state index contributed by atoms with van der Waals surface area (Å²) in [6, 6.07) is 10.9. The molecule has 0 aliphatic carbocycles. The number of amides is 1. The molecule has 138 valence electrons. The van der Waals surface area contributed by atoms with Crippen LogP contribution in [0.4, 0.5) is 24.5 Å². The second-order valence-corrected chi connectivity index (χ2v) is 5.81. The van der Waals surface area contributed by atoms with Gasteiger partial charge in [-0.15, -0.1) is 0 Å². The minimum atomic E-state index is -0.865. The number of nitrogens with zero attached hydrogens (tertiary/aromatic N) is 1. The fourth-order valence-electron chi connectivity index (χ4n) is 2.49. The molecule has 0 fully saturated rings. The van der Waals surface area contributed by atoms with E-state index < -0.39 is 17.5 Å². The monoisotopic (exact) mass is 371 g/mol. The Balaban J connectivity index is 1.62. The van der Waals surface area contributed by atoms with Crippen molar-refractivity contribution in [2.45, 2.75) is 6.42 Å². The van der Waals surface area contributed by atoms with E-state index in [0.29, 0.717) is 30.3 Å². The van der Waals surface area contributed by atoms with Crippen LogP contribution in [-0.2, 0) is 6.42 Å². The van der Waals surface area contributed by atoms with E-state index in [1.807, 2.05) is 0 Å². The Hall–Kier alpha value is -3.35. The highest BCUT2D eigenvalue weighted by Crippen LogP contribution is 2.17. The lowest BCUT2D eigenvalue weighted by Gasteiger charge is -2.09. The molecule has 0 saturated heterocycles. The summed E-state index contributed by atoms with van der Waals surface area (Å²) in [4.78, 5) is 16.2. The number of benzene rings is 2. The van der Waals surface area contributed by atoms with Crippen molar-refractivity contribution in [3.05, 3.63) is 89.5 Å². The van der Waals surface area contributed by atoms with Gasteiger partial charge in [-0.05, 0) is 36.2 Å².